The van der Waals surface area contributed by atoms with Crippen LogP contribution < -0.4 is 5.32 Å². The van der Waals surface area contributed by atoms with Crippen LogP contribution in [-0.2, 0) is 35.3 Å². The number of nitrogens with zero attached hydrogens (tertiary/aromatic N) is 1. The molecule has 2 aliphatic rings. The first kappa shape index (κ1) is 19.2. The van der Waals surface area contributed by atoms with E-state index >= 15 is 0 Å². The van der Waals surface area contributed by atoms with Crippen molar-refractivity contribution in [2.45, 2.75) is 58.3 Å². The Bertz CT molecular complexity index is 838. The highest BCUT2D eigenvalue weighted by Gasteiger charge is 2.23. The number of benzene rings is 2. The SMILES string of the molecule is CC1CN(Cc2ccccc2NC(=O)Cc2ccc3c(c2)CCC3)CC(C)O1. The molecule has 2 atom stereocenters. The van der Waals surface area contributed by atoms with Crippen molar-refractivity contribution >= 4 is 11.6 Å². The van der Waals surface area contributed by atoms with Gasteiger partial charge in [-0.1, -0.05) is 36.4 Å². The lowest BCUT2D eigenvalue weighted by Crippen LogP contribution is -2.44. The van der Waals surface area contributed by atoms with E-state index in [1.54, 1.807) is 0 Å². The third-order valence-electron chi connectivity index (χ3n) is 5.71. The molecule has 148 valence electrons. The molecule has 2 aromatic rings. The first-order valence-electron chi connectivity index (χ1n) is 10.4. The number of anilines is 1. The van der Waals surface area contributed by atoms with Gasteiger partial charge in [0.2, 0.25) is 5.91 Å². The highest BCUT2D eigenvalue weighted by Crippen LogP contribution is 2.24. The molecule has 2 aromatic carbocycles. The molecule has 1 aliphatic carbocycles. The lowest BCUT2D eigenvalue weighted by atomic mass is 10.0. The molecule has 1 fully saturated rings. The third-order valence-corrected chi connectivity index (χ3v) is 5.71. The minimum atomic E-state index is 0.0501. The topological polar surface area (TPSA) is 41.6 Å². The molecule has 4 heteroatoms. The Labute approximate surface area is 167 Å². The van der Waals surface area contributed by atoms with Gasteiger partial charge in [0.05, 0.1) is 18.6 Å². The maximum Gasteiger partial charge on any atom is 0.228 e. The predicted molar refractivity (Wildman–Crippen MR) is 113 cm³/mol. The lowest BCUT2D eigenvalue weighted by Gasteiger charge is -2.35. The number of aryl methyl sites for hydroxylation is 2. The summed E-state index contributed by atoms with van der Waals surface area (Å²) in [5.74, 6) is 0.0501. The molecule has 0 spiro atoms. The Hall–Kier alpha value is -2.17. The molecule has 4 nitrogen and oxygen atoms in total. The van der Waals surface area contributed by atoms with Gasteiger partial charge in [0.15, 0.2) is 0 Å². The molecular weight excluding hydrogens is 348 g/mol. The molecule has 0 saturated carbocycles. The van der Waals surface area contributed by atoms with Crippen LogP contribution in [0.2, 0.25) is 0 Å². The number of carbonyl (C=O) groups is 1. The van der Waals surface area contributed by atoms with E-state index in [2.05, 4.69) is 48.3 Å². The number of hydrogen-bond donors (Lipinski definition) is 1. The smallest absolute Gasteiger partial charge is 0.228 e. The monoisotopic (exact) mass is 378 g/mol. The highest BCUT2D eigenvalue weighted by molar-refractivity contribution is 5.93. The van der Waals surface area contributed by atoms with E-state index in [9.17, 15) is 4.79 Å². The molecule has 1 amide bonds. The molecule has 4 rings (SSSR count). The van der Waals surface area contributed by atoms with Crippen molar-refractivity contribution < 1.29 is 9.53 Å². The van der Waals surface area contributed by atoms with Crippen LogP contribution in [0.25, 0.3) is 0 Å². The van der Waals surface area contributed by atoms with E-state index in [0.717, 1.165) is 42.9 Å². The summed E-state index contributed by atoms with van der Waals surface area (Å²) in [5.41, 5.74) is 6.04. The fourth-order valence-electron chi connectivity index (χ4n) is 4.55. The maximum absolute atomic E-state index is 12.7. The summed E-state index contributed by atoms with van der Waals surface area (Å²) in [6.45, 7) is 6.90. The zero-order chi connectivity index (χ0) is 19.5. The first-order chi connectivity index (χ1) is 13.6. The number of nitrogens with one attached hydrogen (secondary N) is 1. The van der Waals surface area contributed by atoms with Crippen LogP contribution in [0.3, 0.4) is 0 Å². The first-order valence-corrected chi connectivity index (χ1v) is 10.4. The van der Waals surface area contributed by atoms with Gasteiger partial charge < -0.3 is 10.1 Å². The Morgan fingerprint density at radius 3 is 2.64 bits per heavy atom. The summed E-state index contributed by atoms with van der Waals surface area (Å²) < 4.78 is 5.84. The zero-order valence-corrected chi connectivity index (χ0v) is 16.9. The van der Waals surface area contributed by atoms with E-state index in [-0.39, 0.29) is 18.1 Å². The van der Waals surface area contributed by atoms with Crippen LogP contribution in [0, 0.1) is 0 Å². The lowest BCUT2D eigenvalue weighted by molar-refractivity contribution is -0.115. The van der Waals surface area contributed by atoms with Crippen molar-refractivity contribution in [2.75, 3.05) is 18.4 Å². The van der Waals surface area contributed by atoms with Crippen LogP contribution in [0.5, 0.6) is 0 Å². The van der Waals surface area contributed by atoms with Gasteiger partial charge in [-0.05, 0) is 61.4 Å². The largest absolute Gasteiger partial charge is 0.373 e. The molecule has 0 aromatic heterocycles. The number of rotatable bonds is 5. The Morgan fingerprint density at radius 1 is 1.07 bits per heavy atom. The summed E-state index contributed by atoms with van der Waals surface area (Å²) in [7, 11) is 0. The maximum atomic E-state index is 12.7. The van der Waals surface area contributed by atoms with Crippen molar-refractivity contribution in [3.05, 3.63) is 64.7 Å². The highest BCUT2D eigenvalue weighted by atomic mass is 16.5. The number of fused-ring (bicyclic) bond motifs is 1. The third kappa shape index (κ3) is 4.62. The van der Waals surface area contributed by atoms with Gasteiger partial charge in [-0.3, -0.25) is 9.69 Å². The molecule has 0 bridgehead atoms. The summed E-state index contributed by atoms with van der Waals surface area (Å²) in [5, 5.41) is 3.14. The van der Waals surface area contributed by atoms with E-state index < -0.39 is 0 Å². The molecule has 0 radical (unpaired) electrons. The fourth-order valence-corrected chi connectivity index (χ4v) is 4.55. The van der Waals surface area contributed by atoms with Gasteiger partial charge >= 0.3 is 0 Å². The number of hydrogen-bond acceptors (Lipinski definition) is 3. The molecule has 28 heavy (non-hydrogen) atoms. The van der Waals surface area contributed by atoms with Gasteiger partial charge in [0, 0.05) is 25.3 Å². The van der Waals surface area contributed by atoms with Crippen molar-refractivity contribution in [1.82, 2.24) is 4.90 Å². The molecule has 1 saturated heterocycles. The quantitative estimate of drug-likeness (QED) is 0.856. The second kappa shape index (κ2) is 8.46. The van der Waals surface area contributed by atoms with Crippen LogP contribution in [0.4, 0.5) is 5.69 Å². The van der Waals surface area contributed by atoms with E-state index in [1.165, 1.54) is 24.0 Å². The average molecular weight is 379 g/mol. The van der Waals surface area contributed by atoms with Gasteiger partial charge in [-0.15, -0.1) is 0 Å². The van der Waals surface area contributed by atoms with Gasteiger partial charge in [-0.2, -0.15) is 0 Å². The minimum Gasteiger partial charge on any atom is -0.373 e. The van der Waals surface area contributed by atoms with E-state index in [0.29, 0.717) is 6.42 Å². The normalized spacial score (nSPS) is 22.1. The van der Waals surface area contributed by atoms with Gasteiger partial charge in [-0.25, -0.2) is 0 Å². The zero-order valence-electron chi connectivity index (χ0n) is 16.9. The van der Waals surface area contributed by atoms with Gasteiger partial charge in [0.25, 0.3) is 0 Å². The molecule has 1 aliphatic heterocycles. The Kier molecular flexibility index (Phi) is 5.79. The molecular formula is C24H30N2O2. The van der Waals surface area contributed by atoms with Crippen LogP contribution in [0.15, 0.2) is 42.5 Å². The van der Waals surface area contributed by atoms with E-state index in [1.807, 2.05) is 18.2 Å². The minimum absolute atomic E-state index is 0.0501. The summed E-state index contributed by atoms with van der Waals surface area (Å²) in [6.07, 6.45) is 4.46. The second-order valence-corrected chi connectivity index (χ2v) is 8.29. The van der Waals surface area contributed by atoms with Crippen molar-refractivity contribution in [3.63, 3.8) is 0 Å². The number of carbonyl (C=O) groups excluding carboxylic acids is 1. The summed E-state index contributed by atoms with van der Waals surface area (Å²) in [6, 6.07) is 14.6. The molecule has 1 N–H and O–H groups in total. The Morgan fingerprint density at radius 2 is 1.82 bits per heavy atom. The molecule has 2 unspecified atom stereocenters. The van der Waals surface area contributed by atoms with Crippen molar-refractivity contribution in [3.8, 4) is 0 Å². The van der Waals surface area contributed by atoms with E-state index in [4.69, 9.17) is 4.74 Å². The summed E-state index contributed by atoms with van der Waals surface area (Å²) in [4.78, 5) is 15.1. The number of morpholine rings is 1. The van der Waals surface area contributed by atoms with Crippen molar-refractivity contribution in [2.24, 2.45) is 0 Å². The number of amides is 1. The number of ether oxygens (including phenoxy) is 1. The average Bonchev–Trinajstić information content (AvgIpc) is 3.10. The van der Waals surface area contributed by atoms with Crippen LogP contribution in [0.1, 0.15) is 42.5 Å². The number of para-hydroxylation sites is 1. The van der Waals surface area contributed by atoms with Crippen molar-refractivity contribution in [1.29, 1.82) is 0 Å². The van der Waals surface area contributed by atoms with Gasteiger partial charge in [0.1, 0.15) is 0 Å². The Balaban J connectivity index is 1.41. The van der Waals surface area contributed by atoms with Crippen LogP contribution in [-0.4, -0.2) is 36.1 Å². The second-order valence-electron chi connectivity index (χ2n) is 8.29. The molecule has 1 heterocycles. The predicted octanol–water partition coefficient (Wildman–Crippen LogP) is 3.97. The fraction of sp³-hybridized carbons (Fsp3) is 0.458. The standard InChI is InChI=1S/C24H30N2O2/c1-17-14-26(15-18(2)28-17)16-22-6-3-4-9-23(22)25-24(27)13-19-10-11-20-7-5-8-21(20)12-19/h3-4,6,9-12,17-18H,5,7-8,13-16H2,1-2H3,(H,25,27). The summed E-state index contributed by atoms with van der Waals surface area (Å²) >= 11 is 0. The van der Waals surface area contributed by atoms with Crippen LogP contribution >= 0.6 is 0 Å².